The van der Waals surface area contributed by atoms with E-state index < -0.39 is 0 Å². The minimum Gasteiger partial charge on any atom is -0.326 e. The molecule has 3 heteroatoms. The highest BCUT2D eigenvalue weighted by Gasteiger charge is 2.21. The highest BCUT2D eigenvalue weighted by molar-refractivity contribution is 5.93. The zero-order valence-corrected chi connectivity index (χ0v) is 9.42. The van der Waals surface area contributed by atoms with Crippen LogP contribution in [0.25, 0.3) is 0 Å². The first-order valence-electron chi connectivity index (χ1n) is 5.27. The lowest BCUT2D eigenvalue weighted by Crippen LogP contribution is -2.17. The number of ketones is 1. The van der Waals surface area contributed by atoms with Gasteiger partial charge in [0, 0.05) is 18.7 Å². The number of aryl methyl sites for hydroxylation is 1. The van der Waals surface area contributed by atoms with E-state index in [0.717, 1.165) is 24.4 Å². The van der Waals surface area contributed by atoms with Crippen molar-refractivity contribution in [1.29, 1.82) is 0 Å². The molecule has 0 N–H and O–H groups in total. The van der Waals surface area contributed by atoms with Crippen molar-refractivity contribution >= 4 is 5.78 Å². The molecule has 0 radical (unpaired) electrons. The minimum atomic E-state index is 0.192. The van der Waals surface area contributed by atoms with Gasteiger partial charge >= 0.3 is 0 Å². The largest absolute Gasteiger partial charge is 0.326 e. The molecule has 0 unspecified atom stereocenters. The Balaban J connectivity index is 0.000000461. The van der Waals surface area contributed by atoms with E-state index in [0.29, 0.717) is 12.2 Å². The Hall–Kier alpha value is -1.12. The molecule has 0 saturated heterocycles. The summed E-state index contributed by atoms with van der Waals surface area (Å²) >= 11 is 0. The van der Waals surface area contributed by atoms with E-state index >= 15 is 0 Å². The fourth-order valence-electron chi connectivity index (χ4n) is 1.65. The van der Waals surface area contributed by atoms with Gasteiger partial charge in [-0.25, -0.2) is 4.98 Å². The smallest absolute Gasteiger partial charge is 0.198 e. The summed E-state index contributed by atoms with van der Waals surface area (Å²) in [5, 5.41) is 0. The van der Waals surface area contributed by atoms with Crippen LogP contribution in [-0.4, -0.2) is 15.3 Å². The Kier molecular flexibility index (Phi) is 3.44. The summed E-state index contributed by atoms with van der Waals surface area (Å²) in [7, 11) is 0. The summed E-state index contributed by atoms with van der Waals surface area (Å²) in [5.74, 6) is 0.855. The van der Waals surface area contributed by atoms with E-state index in [1.807, 2.05) is 32.3 Å². The number of aromatic nitrogens is 2. The number of imidazole rings is 1. The Bertz CT molecular complexity index is 339. The first kappa shape index (κ1) is 11.0. The van der Waals surface area contributed by atoms with Crippen LogP contribution in [0.5, 0.6) is 0 Å². The highest BCUT2D eigenvalue weighted by Crippen LogP contribution is 2.18. The summed E-state index contributed by atoms with van der Waals surface area (Å²) in [4.78, 5) is 15.6. The molecule has 0 fully saturated rings. The maximum Gasteiger partial charge on any atom is 0.198 e. The molecule has 3 nitrogen and oxygen atoms in total. The summed E-state index contributed by atoms with van der Waals surface area (Å²) in [6.07, 6.45) is 1.62. The molecule has 0 spiro atoms. The lowest BCUT2D eigenvalue weighted by molar-refractivity contribution is 0.0948. The molecule has 1 aliphatic heterocycles. The first-order valence-corrected chi connectivity index (χ1v) is 5.27. The van der Waals surface area contributed by atoms with Crippen LogP contribution in [0.2, 0.25) is 0 Å². The van der Waals surface area contributed by atoms with Crippen LogP contribution in [0.15, 0.2) is 0 Å². The molecule has 14 heavy (non-hydrogen) atoms. The monoisotopic (exact) mass is 194 g/mol. The second-order valence-electron chi connectivity index (χ2n) is 3.28. The molecule has 78 valence electrons. The molecule has 0 aromatic carbocycles. The van der Waals surface area contributed by atoms with Crippen LogP contribution >= 0.6 is 0 Å². The number of hydrogen-bond acceptors (Lipinski definition) is 2. The molecular weight excluding hydrogens is 176 g/mol. The van der Waals surface area contributed by atoms with Crippen LogP contribution in [0.3, 0.4) is 0 Å². The van der Waals surface area contributed by atoms with Gasteiger partial charge in [-0.05, 0) is 20.3 Å². The standard InChI is InChI=1S/C9H12N2O.C2H6/c1-6-7(2)11-5-3-4-8(12)9(11)10-6;1-2/h3-5H2,1-2H3;1-2H3. The number of Topliss-reactive ketones (excluding diaryl/α,β-unsaturated/α-hetero) is 1. The quantitative estimate of drug-likeness (QED) is 0.636. The Morgan fingerprint density at radius 3 is 2.50 bits per heavy atom. The van der Waals surface area contributed by atoms with Gasteiger partial charge in [0.05, 0.1) is 5.69 Å². The third-order valence-electron chi connectivity index (χ3n) is 2.49. The lowest BCUT2D eigenvalue weighted by atomic mass is 10.1. The predicted octanol–water partition coefficient (Wildman–Crippen LogP) is 2.50. The molecule has 2 heterocycles. The van der Waals surface area contributed by atoms with E-state index in [9.17, 15) is 4.79 Å². The number of carbonyl (C=O) groups is 1. The van der Waals surface area contributed by atoms with E-state index in [4.69, 9.17) is 0 Å². The van der Waals surface area contributed by atoms with Gasteiger partial charge in [0.15, 0.2) is 11.6 Å². The lowest BCUT2D eigenvalue weighted by Gasteiger charge is -2.13. The second kappa shape index (κ2) is 4.40. The van der Waals surface area contributed by atoms with Gasteiger partial charge in [-0.3, -0.25) is 4.79 Å². The van der Waals surface area contributed by atoms with Crippen molar-refractivity contribution in [3.63, 3.8) is 0 Å². The summed E-state index contributed by atoms with van der Waals surface area (Å²) < 4.78 is 2.03. The van der Waals surface area contributed by atoms with Crippen molar-refractivity contribution in [2.75, 3.05) is 0 Å². The fourth-order valence-corrected chi connectivity index (χ4v) is 1.65. The Morgan fingerprint density at radius 2 is 1.93 bits per heavy atom. The van der Waals surface area contributed by atoms with Gasteiger partial charge in [0.1, 0.15) is 0 Å². The van der Waals surface area contributed by atoms with Gasteiger partial charge in [-0.2, -0.15) is 0 Å². The zero-order chi connectivity index (χ0) is 10.7. The van der Waals surface area contributed by atoms with Crippen molar-refractivity contribution in [3.8, 4) is 0 Å². The van der Waals surface area contributed by atoms with Crippen molar-refractivity contribution < 1.29 is 4.79 Å². The van der Waals surface area contributed by atoms with Crippen LogP contribution in [0.1, 0.15) is 48.7 Å². The number of hydrogen-bond donors (Lipinski definition) is 0. The molecule has 1 aromatic rings. The van der Waals surface area contributed by atoms with Crippen LogP contribution in [-0.2, 0) is 6.54 Å². The second-order valence-corrected chi connectivity index (χ2v) is 3.28. The zero-order valence-electron chi connectivity index (χ0n) is 9.42. The average molecular weight is 194 g/mol. The molecule has 1 aliphatic rings. The van der Waals surface area contributed by atoms with Crippen molar-refractivity contribution in [2.45, 2.75) is 47.1 Å². The molecular formula is C11H18N2O. The van der Waals surface area contributed by atoms with Gasteiger partial charge in [-0.1, -0.05) is 13.8 Å². The van der Waals surface area contributed by atoms with Gasteiger partial charge in [0.25, 0.3) is 0 Å². The minimum absolute atomic E-state index is 0.192. The van der Waals surface area contributed by atoms with Gasteiger partial charge in [0.2, 0.25) is 0 Å². The van der Waals surface area contributed by atoms with Crippen molar-refractivity contribution in [3.05, 3.63) is 17.2 Å². The SMILES string of the molecule is CC.Cc1nc2n(c1C)CCCC2=O. The number of carbonyl (C=O) groups excluding carboxylic acids is 1. The molecule has 0 aliphatic carbocycles. The van der Waals surface area contributed by atoms with Crippen molar-refractivity contribution in [2.24, 2.45) is 0 Å². The Morgan fingerprint density at radius 1 is 1.29 bits per heavy atom. The van der Waals surface area contributed by atoms with Gasteiger partial charge < -0.3 is 4.57 Å². The topological polar surface area (TPSA) is 34.9 Å². The molecule has 0 bridgehead atoms. The summed E-state index contributed by atoms with van der Waals surface area (Å²) in [5.41, 5.74) is 2.12. The fraction of sp³-hybridized carbons (Fsp3) is 0.636. The normalized spacial score (nSPS) is 14.4. The first-order chi connectivity index (χ1) is 6.70. The summed E-state index contributed by atoms with van der Waals surface area (Å²) in [6, 6.07) is 0. The molecule has 1 aromatic heterocycles. The average Bonchev–Trinajstić information content (AvgIpc) is 2.50. The number of nitrogens with zero attached hydrogens (tertiary/aromatic N) is 2. The van der Waals surface area contributed by atoms with Crippen LogP contribution < -0.4 is 0 Å². The van der Waals surface area contributed by atoms with E-state index in [-0.39, 0.29) is 5.78 Å². The van der Waals surface area contributed by atoms with Gasteiger partial charge in [-0.15, -0.1) is 0 Å². The molecule has 0 amide bonds. The molecule has 0 atom stereocenters. The van der Waals surface area contributed by atoms with E-state index in [1.54, 1.807) is 0 Å². The third-order valence-corrected chi connectivity index (χ3v) is 2.49. The third kappa shape index (κ3) is 1.72. The maximum absolute atomic E-state index is 11.4. The van der Waals surface area contributed by atoms with Crippen LogP contribution in [0.4, 0.5) is 0 Å². The summed E-state index contributed by atoms with van der Waals surface area (Å²) in [6.45, 7) is 8.92. The maximum atomic E-state index is 11.4. The Labute approximate surface area is 85.2 Å². The number of fused-ring (bicyclic) bond motifs is 1. The highest BCUT2D eigenvalue weighted by atomic mass is 16.1. The van der Waals surface area contributed by atoms with E-state index in [2.05, 4.69) is 4.98 Å². The molecule has 2 rings (SSSR count). The van der Waals surface area contributed by atoms with Crippen molar-refractivity contribution in [1.82, 2.24) is 9.55 Å². The predicted molar refractivity (Wildman–Crippen MR) is 56.6 cm³/mol. The van der Waals surface area contributed by atoms with E-state index in [1.165, 1.54) is 0 Å². The van der Waals surface area contributed by atoms with Crippen LogP contribution in [0, 0.1) is 13.8 Å². The molecule has 0 saturated carbocycles. The number of rotatable bonds is 0.